The molecule has 0 bridgehead atoms. The van der Waals surface area contributed by atoms with Gasteiger partial charge in [0.15, 0.2) is 11.9 Å². The van der Waals surface area contributed by atoms with Crippen LogP contribution in [0.4, 0.5) is 14.5 Å². The molecule has 1 aromatic carbocycles. The SMILES string of the molecule is CCC(CCc1ncc(N2CC[C@@H](Oc3ccc(C(=O)C4CC(F)(F)C4)cc3)C2=O)cn1)C(=O)N(C)C. The minimum absolute atomic E-state index is 0.0773. The highest BCUT2D eigenvalue weighted by molar-refractivity contribution is 5.99. The third kappa shape index (κ3) is 6.11. The number of alkyl halides is 2. The van der Waals surface area contributed by atoms with Crippen molar-refractivity contribution in [1.82, 2.24) is 14.9 Å². The number of hydrogen-bond donors (Lipinski definition) is 0. The molecule has 37 heavy (non-hydrogen) atoms. The molecule has 2 atom stereocenters. The van der Waals surface area contributed by atoms with Crippen molar-refractivity contribution in [3.63, 3.8) is 0 Å². The zero-order valence-electron chi connectivity index (χ0n) is 21.3. The van der Waals surface area contributed by atoms with Crippen molar-refractivity contribution in [2.24, 2.45) is 11.8 Å². The molecular formula is C27H32F2N4O4. The highest BCUT2D eigenvalue weighted by Gasteiger charge is 2.48. The van der Waals surface area contributed by atoms with Gasteiger partial charge in [-0.25, -0.2) is 18.7 Å². The summed E-state index contributed by atoms with van der Waals surface area (Å²) in [6.45, 7) is 2.44. The lowest BCUT2D eigenvalue weighted by atomic mass is 9.77. The summed E-state index contributed by atoms with van der Waals surface area (Å²) in [6, 6.07) is 6.27. The number of hydrogen-bond acceptors (Lipinski definition) is 6. The predicted octanol–water partition coefficient (Wildman–Crippen LogP) is 3.94. The largest absolute Gasteiger partial charge is 0.481 e. The number of carbonyl (C=O) groups is 3. The molecule has 2 heterocycles. The fourth-order valence-corrected chi connectivity index (χ4v) is 4.75. The van der Waals surface area contributed by atoms with Gasteiger partial charge in [0.25, 0.3) is 5.91 Å². The van der Waals surface area contributed by atoms with Crippen LogP contribution in [0.5, 0.6) is 5.75 Å². The number of Topliss-reactive ketones (excluding diaryl/α,β-unsaturated/α-hetero) is 1. The molecule has 1 saturated heterocycles. The van der Waals surface area contributed by atoms with Crippen LogP contribution < -0.4 is 9.64 Å². The molecule has 1 aliphatic heterocycles. The Morgan fingerprint density at radius 2 is 1.81 bits per heavy atom. The predicted molar refractivity (Wildman–Crippen MR) is 133 cm³/mol. The first-order chi connectivity index (χ1) is 17.6. The van der Waals surface area contributed by atoms with E-state index in [4.69, 9.17) is 4.74 Å². The average molecular weight is 515 g/mol. The molecule has 2 aromatic rings. The number of benzene rings is 1. The van der Waals surface area contributed by atoms with Gasteiger partial charge in [-0.1, -0.05) is 6.92 Å². The summed E-state index contributed by atoms with van der Waals surface area (Å²) in [4.78, 5) is 49.4. The maximum Gasteiger partial charge on any atom is 0.268 e. The van der Waals surface area contributed by atoms with E-state index in [1.165, 1.54) is 0 Å². The summed E-state index contributed by atoms with van der Waals surface area (Å²) in [6.07, 6.45) is 4.17. The first kappa shape index (κ1) is 26.6. The molecule has 0 N–H and O–H groups in total. The van der Waals surface area contributed by atoms with Crippen molar-refractivity contribution in [2.75, 3.05) is 25.5 Å². The number of rotatable bonds is 10. The summed E-state index contributed by atoms with van der Waals surface area (Å²) in [5.41, 5.74) is 0.940. The lowest BCUT2D eigenvalue weighted by Gasteiger charge is -2.33. The van der Waals surface area contributed by atoms with Crippen LogP contribution in [0.25, 0.3) is 0 Å². The number of aryl methyl sites for hydroxylation is 1. The first-order valence-electron chi connectivity index (χ1n) is 12.6. The fraction of sp³-hybridized carbons (Fsp3) is 0.519. The van der Waals surface area contributed by atoms with E-state index in [1.807, 2.05) is 6.92 Å². The van der Waals surface area contributed by atoms with Gasteiger partial charge in [-0.3, -0.25) is 14.4 Å². The molecule has 1 saturated carbocycles. The second-order valence-electron chi connectivity index (χ2n) is 9.97. The van der Waals surface area contributed by atoms with Gasteiger partial charge in [-0.15, -0.1) is 0 Å². The van der Waals surface area contributed by atoms with Crippen molar-refractivity contribution < 1.29 is 27.9 Å². The number of amides is 2. The second-order valence-corrected chi connectivity index (χ2v) is 9.97. The Hall–Kier alpha value is -3.43. The summed E-state index contributed by atoms with van der Waals surface area (Å²) in [5, 5.41) is 0. The number of nitrogens with zero attached hydrogens (tertiary/aromatic N) is 4. The van der Waals surface area contributed by atoms with Crippen molar-refractivity contribution in [3.05, 3.63) is 48.0 Å². The number of ketones is 1. The van der Waals surface area contributed by atoms with Gasteiger partial charge < -0.3 is 14.5 Å². The zero-order valence-corrected chi connectivity index (χ0v) is 21.3. The number of anilines is 1. The highest BCUT2D eigenvalue weighted by atomic mass is 19.3. The van der Waals surface area contributed by atoms with Crippen LogP contribution in [0.2, 0.25) is 0 Å². The molecule has 2 aliphatic rings. The van der Waals surface area contributed by atoms with Crippen LogP contribution in [-0.2, 0) is 16.0 Å². The van der Waals surface area contributed by atoms with Gasteiger partial charge in [0.1, 0.15) is 11.6 Å². The van der Waals surface area contributed by atoms with E-state index in [1.54, 1.807) is 60.6 Å². The highest BCUT2D eigenvalue weighted by Crippen LogP contribution is 2.43. The Labute approximate surface area is 215 Å². The van der Waals surface area contributed by atoms with Crippen LogP contribution in [-0.4, -0.2) is 65.1 Å². The molecule has 4 rings (SSSR count). The van der Waals surface area contributed by atoms with E-state index in [9.17, 15) is 23.2 Å². The molecule has 2 fully saturated rings. The van der Waals surface area contributed by atoms with Gasteiger partial charge in [0.05, 0.1) is 18.1 Å². The second kappa shape index (κ2) is 10.9. The lowest BCUT2D eigenvalue weighted by Crippen LogP contribution is -2.39. The minimum atomic E-state index is -2.74. The van der Waals surface area contributed by atoms with E-state index in [0.717, 1.165) is 6.42 Å². The van der Waals surface area contributed by atoms with Crippen molar-refractivity contribution >= 4 is 23.3 Å². The Balaban J connectivity index is 1.30. The van der Waals surface area contributed by atoms with E-state index < -0.39 is 30.8 Å². The fourth-order valence-electron chi connectivity index (χ4n) is 4.75. The molecular weight excluding hydrogens is 482 g/mol. The number of carbonyl (C=O) groups excluding carboxylic acids is 3. The normalized spacial score (nSPS) is 19.9. The first-order valence-corrected chi connectivity index (χ1v) is 12.6. The van der Waals surface area contributed by atoms with Crippen molar-refractivity contribution in [2.45, 2.75) is 57.5 Å². The number of aromatic nitrogens is 2. The standard InChI is InChI=1S/C27H32F2N4O4/c1-4-17(25(35)32(2)3)7-10-23-30-15-20(16-31-23)33-12-11-22(26(33)36)37-21-8-5-18(6-9-21)24(34)19-13-27(28,29)14-19/h5-6,8-9,15-17,19,22H,4,7,10-14H2,1-3H3/t17?,22-/m1/s1. The van der Waals surface area contributed by atoms with Crippen LogP contribution >= 0.6 is 0 Å². The van der Waals surface area contributed by atoms with Crippen LogP contribution in [0.1, 0.15) is 55.2 Å². The third-order valence-corrected chi connectivity index (χ3v) is 7.04. The molecule has 1 aromatic heterocycles. The molecule has 1 aliphatic carbocycles. The zero-order chi connectivity index (χ0) is 26.7. The summed E-state index contributed by atoms with van der Waals surface area (Å²) >= 11 is 0. The van der Waals surface area contributed by atoms with Crippen LogP contribution in [0.3, 0.4) is 0 Å². The minimum Gasteiger partial charge on any atom is -0.481 e. The molecule has 8 nitrogen and oxygen atoms in total. The smallest absolute Gasteiger partial charge is 0.268 e. The average Bonchev–Trinajstić information content (AvgIpc) is 3.22. The van der Waals surface area contributed by atoms with Crippen LogP contribution in [0.15, 0.2) is 36.7 Å². The summed E-state index contributed by atoms with van der Waals surface area (Å²) < 4.78 is 32.0. The number of ether oxygens (including phenoxy) is 1. The molecule has 1 unspecified atom stereocenters. The lowest BCUT2D eigenvalue weighted by molar-refractivity contribution is -0.133. The van der Waals surface area contributed by atoms with Gasteiger partial charge in [-0.2, -0.15) is 0 Å². The Bertz CT molecular complexity index is 1130. The van der Waals surface area contributed by atoms with E-state index in [0.29, 0.717) is 48.6 Å². The molecule has 198 valence electrons. The molecule has 0 spiro atoms. The summed E-state index contributed by atoms with van der Waals surface area (Å²) in [7, 11) is 3.50. The Kier molecular flexibility index (Phi) is 7.85. The number of halogens is 2. The van der Waals surface area contributed by atoms with Crippen LogP contribution in [0, 0.1) is 11.8 Å². The maximum atomic E-state index is 13.1. The van der Waals surface area contributed by atoms with Gasteiger partial charge >= 0.3 is 0 Å². The van der Waals surface area contributed by atoms with E-state index in [2.05, 4.69) is 9.97 Å². The molecule has 10 heteroatoms. The topological polar surface area (TPSA) is 92.7 Å². The van der Waals surface area contributed by atoms with E-state index >= 15 is 0 Å². The van der Waals surface area contributed by atoms with E-state index in [-0.39, 0.29) is 23.5 Å². The van der Waals surface area contributed by atoms with Crippen molar-refractivity contribution in [1.29, 1.82) is 0 Å². The van der Waals surface area contributed by atoms with Gasteiger partial charge in [-0.05, 0) is 37.1 Å². The molecule has 0 radical (unpaired) electrons. The third-order valence-electron chi connectivity index (χ3n) is 7.04. The van der Waals surface area contributed by atoms with Crippen molar-refractivity contribution in [3.8, 4) is 5.75 Å². The summed E-state index contributed by atoms with van der Waals surface area (Å²) in [5.74, 6) is -2.83. The monoisotopic (exact) mass is 514 g/mol. The Morgan fingerprint density at radius 3 is 2.38 bits per heavy atom. The maximum absolute atomic E-state index is 13.1. The Morgan fingerprint density at radius 1 is 1.16 bits per heavy atom. The quantitative estimate of drug-likeness (QED) is 0.446. The van der Waals surface area contributed by atoms with Gasteiger partial charge in [0.2, 0.25) is 11.8 Å². The van der Waals surface area contributed by atoms with Gasteiger partial charge in [0, 0.05) is 63.7 Å². The molecule has 2 amide bonds.